The van der Waals surface area contributed by atoms with Crippen molar-refractivity contribution in [3.8, 4) is 11.5 Å². The van der Waals surface area contributed by atoms with Crippen LogP contribution in [0.3, 0.4) is 0 Å². The van der Waals surface area contributed by atoms with Gasteiger partial charge in [-0.05, 0) is 52.7 Å². The highest BCUT2D eigenvalue weighted by atomic mass is 79.9. The van der Waals surface area contributed by atoms with Gasteiger partial charge in [0.05, 0.1) is 16.8 Å². The summed E-state index contributed by atoms with van der Waals surface area (Å²) in [6, 6.07) is 18.9. The number of carbonyl (C=O) groups is 1. The first-order chi connectivity index (χ1) is 13.6. The number of amides is 1. The molecular formula is C22H19BrFNO3. The van der Waals surface area contributed by atoms with Gasteiger partial charge in [-0.15, -0.1) is 0 Å². The summed E-state index contributed by atoms with van der Waals surface area (Å²) in [5, 5.41) is 2.58. The van der Waals surface area contributed by atoms with Crippen LogP contribution in [-0.4, -0.2) is 12.5 Å². The maximum Gasteiger partial charge on any atom is 0.255 e. The van der Waals surface area contributed by atoms with Crippen LogP contribution in [0.4, 0.5) is 10.1 Å². The highest BCUT2D eigenvalue weighted by Crippen LogP contribution is 2.37. The Labute approximate surface area is 171 Å². The number of anilines is 1. The predicted octanol–water partition coefficient (Wildman–Crippen LogP) is 5.82. The molecule has 0 aromatic heterocycles. The summed E-state index contributed by atoms with van der Waals surface area (Å²) in [5.74, 6) is -0.000512. The lowest BCUT2D eigenvalue weighted by Gasteiger charge is -2.15. The van der Waals surface area contributed by atoms with Crippen LogP contribution in [0.15, 0.2) is 71.2 Å². The third-order valence-corrected chi connectivity index (χ3v) is 4.51. The van der Waals surface area contributed by atoms with Crippen molar-refractivity contribution in [2.24, 2.45) is 0 Å². The molecule has 0 atom stereocenters. The van der Waals surface area contributed by atoms with Gasteiger partial charge in [0, 0.05) is 5.56 Å². The molecule has 0 unspecified atom stereocenters. The fourth-order valence-electron chi connectivity index (χ4n) is 2.58. The highest BCUT2D eigenvalue weighted by Gasteiger charge is 2.17. The second-order valence-electron chi connectivity index (χ2n) is 5.93. The van der Waals surface area contributed by atoms with Gasteiger partial charge in [-0.25, -0.2) is 4.39 Å². The number of hydrogen-bond acceptors (Lipinski definition) is 3. The number of carbonyl (C=O) groups excluding carboxylic acids is 1. The van der Waals surface area contributed by atoms with E-state index < -0.39 is 11.7 Å². The summed E-state index contributed by atoms with van der Waals surface area (Å²) < 4.78 is 26.0. The Morgan fingerprint density at radius 2 is 1.75 bits per heavy atom. The molecule has 0 radical (unpaired) electrons. The minimum absolute atomic E-state index is 0.115. The van der Waals surface area contributed by atoms with Crippen molar-refractivity contribution in [1.82, 2.24) is 0 Å². The number of nitrogens with one attached hydrogen (secondary N) is 1. The Kier molecular flexibility index (Phi) is 6.66. The molecule has 0 fully saturated rings. The van der Waals surface area contributed by atoms with Crippen LogP contribution >= 0.6 is 15.9 Å². The van der Waals surface area contributed by atoms with Crippen molar-refractivity contribution in [2.75, 3.05) is 11.9 Å². The van der Waals surface area contributed by atoms with Gasteiger partial charge >= 0.3 is 0 Å². The molecule has 1 N–H and O–H groups in total. The van der Waals surface area contributed by atoms with Gasteiger partial charge in [0.1, 0.15) is 12.4 Å². The Bertz CT molecular complexity index is 963. The van der Waals surface area contributed by atoms with E-state index in [-0.39, 0.29) is 5.69 Å². The number of hydrogen-bond donors (Lipinski definition) is 1. The standard InChI is InChI=1S/C22H19BrFNO3/c1-2-27-21-17(23)12-16(22(26)25-19-11-7-6-10-18(19)24)13-20(21)28-14-15-8-4-3-5-9-15/h3-13H,2,14H2,1H3,(H,25,26). The lowest BCUT2D eigenvalue weighted by Crippen LogP contribution is -2.13. The van der Waals surface area contributed by atoms with Crippen LogP contribution in [0.5, 0.6) is 11.5 Å². The first kappa shape index (κ1) is 19.9. The van der Waals surface area contributed by atoms with E-state index in [1.807, 2.05) is 37.3 Å². The Balaban J connectivity index is 1.86. The molecule has 6 heteroatoms. The van der Waals surface area contributed by atoms with E-state index in [1.54, 1.807) is 24.3 Å². The molecule has 0 saturated heterocycles. The smallest absolute Gasteiger partial charge is 0.255 e. The van der Waals surface area contributed by atoms with Crippen molar-refractivity contribution in [2.45, 2.75) is 13.5 Å². The second kappa shape index (κ2) is 9.37. The topological polar surface area (TPSA) is 47.6 Å². The molecule has 0 saturated carbocycles. The first-order valence-corrected chi connectivity index (χ1v) is 9.56. The molecule has 0 aliphatic heterocycles. The lowest BCUT2D eigenvalue weighted by molar-refractivity contribution is 0.102. The van der Waals surface area contributed by atoms with Crippen LogP contribution in [0.1, 0.15) is 22.8 Å². The van der Waals surface area contributed by atoms with E-state index in [2.05, 4.69) is 21.2 Å². The molecule has 3 rings (SSSR count). The van der Waals surface area contributed by atoms with Gasteiger partial charge in [0.25, 0.3) is 5.91 Å². The average molecular weight is 444 g/mol. The zero-order chi connectivity index (χ0) is 19.9. The Morgan fingerprint density at radius 3 is 2.46 bits per heavy atom. The van der Waals surface area contributed by atoms with Gasteiger partial charge in [-0.1, -0.05) is 42.5 Å². The van der Waals surface area contributed by atoms with Crippen molar-refractivity contribution in [3.05, 3.63) is 88.1 Å². The minimum Gasteiger partial charge on any atom is -0.489 e. The van der Waals surface area contributed by atoms with Gasteiger partial charge in [-0.2, -0.15) is 0 Å². The van der Waals surface area contributed by atoms with Gasteiger partial charge in [-0.3, -0.25) is 4.79 Å². The van der Waals surface area contributed by atoms with Crippen LogP contribution in [-0.2, 0) is 6.61 Å². The van der Waals surface area contributed by atoms with E-state index >= 15 is 0 Å². The number of rotatable bonds is 7. The maximum absolute atomic E-state index is 13.8. The van der Waals surface area contributed by atoms with Crippen LogP contribution in [0.25, 0.3) is 0 Å². The van der Waals surface area contributed by atoms with Gasteiger partial charge in [0.15, 0.2) is 11.5 Å². The number of halogens is 2. The van der Waals surface area contributed by atoms with E-state index in [4.69, 9.17) is 9.47 Å². The summed E-state index contributed by atoms with van der Waals surface area (Å²) >= 11 is 3.43. The molecule has 3 aromatic rings. The second-order valence-corrected chi connectivity index (χ2v) is 6.78. The molecule has 0 spiro atoms. The zero-order valence-electron chi connectivity index (χ0n) is 15.2. The normalized spacial score (nSPS) is 10.4. The molecule has 4 nitrogen and oxygen atoms in total. The molecule has 0 bridgehead atoms. The van der Waals surface area contributed by atoms with Crippen molar-refractivity contribution >= 4 is 27.5 Å². The fourth-order valence-corrected chi connectivity index (χ4v) is 3.14. The predicted molar refractivity (Wildman–Crippen MR) is 110 cm³/mol. The van der Waals surface area contributed by atoms with Crippen LogP contribution in [0.2, 0.25) is 0 Å². The highest BCUT2D eigenvalue weighted by molar-refractivity contribution is 9.10. The van der Waals surface area contributed by atoms with Crippen molar-refractivity contribution in [3.63, 3.8) is 0 Å². The third-order valence-electron chi connectivity index (χ3n) is 3.92. The third kappa shape index (κ3) is 4.89. The fraction of sp³-hybridized carbons (Fsp3) is 0.136. The number of benzene rings is 3. The maximum atomic E-state index is 13.8. The summed E-state index contributed by atoms with van der Waals surface area (Å²) in [5.41, 5.74) is 1.42. The Hall–Kier alpha value is -2.86. The molecular weight excluding hydrogens is 425 g/mol. The zero-order valence-corrected chi connectivity index (χ0v) is 16.8. The van der Waals surface area contributed by atoms with E-state index in [0.29, 0.717) is 34.7 Å². The van der Waals surface area contributed by atoms with Crippen LogP contribution < -0.4 is 14.8 Å². The quantitative estimate of drug-likeness (QED) is 0.500. The van der Waals surface area contributed by atoms with Gasteiger partial charge in [0.2, 0.25) is 0 Å². The largest absolute Gasteiger partial charge is 0.489 e. The monoisotopic (exact) mass is 443 g/mol. The first-order valence-electron chi connectivity index (χ1n) is 8.77. The molecule has 1 amide bonds. The molecule has 0 heterocycles. The summed E-state index contributed by atoms with van der Waals surface area (Å²) in [6.45, 7) is 2.64. The van der Waals surface area contributed by atoms with E-state index in [1.165, 1.54) is 12.1 Å². The summed E-state index contributed by atoms with van der Waals surface area (Å²) in [6.07, 6.45) is 0. The summed E-state index contributed by atoms with van der Waals surface area (Å²) in [7, 11) is 0. The molecule has 0 aliphatic rings. The summed E-state index contributed by atoms with van der Waals surface area (Å²) in [4.78, 5) is 12.6. The minimum atomic E-state index is -0.499. The number of para-hydroxylation sites is 1. The molecule has 28 heavy (non-hydrogen) atoms. The lowest BCUT2D eigenvalue weighted by atomic mass is 10.1. The molecule has 144 valence electrons. The van der Waals surface area contributed by atoms with Crippen molar-refractivity contribution in [1.29, 1.82) is 0 Å². The van der Waals surface area contributed by atoms with E-state index in [9.17, 15) is 9.18 Å². The van der Waals surface area contributed by atoms with E-state index in [0.717, 1.165) is 5.56 Å². The van der Waals surface area contributed by atoms with Gasteiger partial charge < -0.3 is 14.8 Å². The molecule has 0 aliphatic carbocycles. The van der Waals surface area contributed by atoms with Crippen molar-refractivity contribution < 1.29 is 18.7 Å². The van der Waals surface area contributed by atoms with Crippen LogP contribution in [0, 0.1) is 5.82 Å². The number of ether oxygens (including phenoxy) is 2. The SMILES string of the molecule is CCOc1c(Br)cc(C(=O)Nc2ccccc2F)cc1OCc1ccccc1. The Morgan fingerprint density at radius 1 is 1.04 bits per heavy atom. The molecule has 3 aromatic carbocycles. The average Bonchev–Trinajstić information content (AvgIpc) is 2.70.